The lowest BCUT2D eigenvalue weighted by Gasteiger charge is -2.50. The predicted octanol–water partition coefficient (Wildman–Crippen LogP) is 28.4. The van der Waals surface area contributed by atoms with Crippen molar-refractivity contribution in [2.75, 3.05) is 12.5 Å². The van der Waals surface area contributed by atoms with Crippen LogP contribution < -0.4 is 9.47 Å². The van der Waals surface area contributed by atoms with E-state index in [1.54, 1.807) is 0 Å². The van der Waals surface area contributed by atoms with Crippen molar-refractivity contribution >= 4 is 51.7 Å². The summed E-state index contributed by atoms with van der Waals surface area (Å²) in [5.74, 6) is 1.88. The molecule has 0 aliphatic rings. The van der Waals surface area contributed by atoms with Gasteiger partial charge >= 0.3 is 0 Å². The van der Waals surface area contributed by atoms with Gasteiger partial charge in [-0.2, -0.15) is 0 Å². The monoisotopic (exact) mass is 1430 g/mol. The molecule has 0 atom stereocenters. The third kappa shape index (κ3) is 16.0. The van der Waals surface area contributed by atoms with Crippen molar-refractivity contribution in [3.05, 3.63) is 178 Å². The summed E-state index contributed by atoms with van der Waals surface area (Å²) in [6, 6.07) is 50.3. The lowest BCUT2D eigenvalue weighted by Crippen LogP contribution is -2.61. The van der Waals surface area contributed by atoms with Crippen molar-refractivity contribution in [1.29, 1.82) is 0 Å². The van der Waals surface area contributed by atoms with Crippen LogP contribution in [-0.4, -0.2) is 39.9 Å². The van der Waals surface area contributed by atoms with Crippen molar-refractivity contribution in [3.63, 3.8) is 0 Å². The molecule has 6 nitrogen and oxygen atoms in total. The maximum Gasteiger partial charge on any atom is 0.152 e. The highest BCUT2D eigenvalue weighted by Crippen LogP contribution is 2.55. The second kappa shape index (κ2) is 26.6. The zero-order chi connectivity index (χ0) is 78.5. The van der Waals surface area contributed by atoms with Gasteiger partial charge in [0.2, 0.25) is 0 Å². The van der Waals surface area contributed by atoms with E-state index in [4.69, 9.17) is 9.47 Å². The molecule has 2 N–H and O–H groups in total. The van der Waals surface area contributed by atoms with Crippen LogP contribution in [0, 0.1) is 10.8 Å². The summed E-state index contributed by atoms with van der Waals surface area (Å²) in [5.41, 5.74) is 17.2. The number of fused-ring (bicyclic) bond motifs is 6. The largest absolute Gasteiger partial charge is 0.505 e. The molecule has 0 saturated heterocycles. The number of hydrogen-bond donors (Lipinski definition) is 2. The van der Waals surface area contributed by atoms with Crippen molar-refractivity contribution < 1.29 is 19.7 Å². The summed E-state index contributed by atoms with van der Waals surface area (Å²) < 4.78 is 20.2. The quantitative estimate of drug-likeness (QED) is 0.106. The molecule has 2 aromatic heterocycles. The molecule has 8 aromatic carbocycles. The fourth-order valence-corrected chi connectivity index (χ4v) is 22.0. The number of rotatable bonds is 14. The minimum atomic E-state index is -2.96. The molecule has 0 fully saturated rings. The average molecular weight is 1430 g/mol. The van der Waals surface area contributed by atoms with Crippen LogP contribution in [0.2, 0.25) is 10.1 Å². The van der Waals surface area contributed by atoms with E-state index >= 15 is 0 Å². The van der Waals surface area contributed by atoms with Gasteiger partial charge in [0, 0.05) is 43.8 Å². The summed E-state index contributed by atoms with van der Waals surface area (Å²) in [6.07, 6.45) is 2.68. The van der Waals surface area contributed by atoms with Crippen LogP contribution in [0.25, 0.3) is 77.2 Å². The van der Waals surface area contributed by atoms with Gasteiger partial charge in [-0.05, 0) is 219 Å². The summed E-state index contributed by atoms with van der Waals surface area (Å²) in [5, 5.41) is 31.7. The van der Waals surface area contributed by atoms with Crippen LogP contribution in [0.3, 0.4) is 0 Å². The zero-order valence-electron chi connectivity index (χ0n) is 71.6. The molecular weight excluding hydrogens is 1300 g/mol. The van der Waals surface area contributed by atoms with E-state index in [2.05, 4.69) is 378 Å². The number of hydrogen-bond acceptors (Lipinski definition) is 4. The number of benzene rings is 8. The first kappa shape index (κ1) is 80.3. The summed E-state index contributed by atoms with van der Waals surface area (Å²) in [7, 11) is -2.96. The van der Waals surface area contributed by atoms with E-state index in [0.717, 1.165) is 102 Å². The Kier molecular flexibility index (Phi) is 20.3. The fourth-order valence-electron chi connectivity index (χ4n) is 17.2. The highest BCUT2D eigenvalue weighted by atomic mass is 28.3. The Hall–Kier alpha value is -7.22. The number of nitrogens with zero attached hydrogens (tertiary/aromatic N) is 2. The standard InChI is InChI=1S/C98H134N2O4Si/c1-87(2,3)57-97(31,32)67-53-75(85(101)81(55-67)99-77-41-35-61(89(7,8)9)47-69(77)70-48-62(90(10,11)12)36-42-78(70)99)73-51-65(93(19,20)21)39-45-83(73)103-59-105(95(25,26)27,96(28,29)30)60-104-84-46-40-66(94(22,23)24)52-74(84)76-54-68(98(33,34)58-88(4,5)6)56-82(86(76)102)100-79-43-37-63(91(13,14)15)49-71(79)72-50-64(92(16,17)18)38-44-80(72)100/h35-56,101-102H,57-60H2,1-34H3. The number of phenols is 2. The minimum absolute atomic E-state index is 0.00483. The number of phenolic OH excluding ortho intramolecular Hbond substituents is 2. The van der Waals surface area contributed by atoms with Gasteiger partial charge in [-0.25, -0.2) is 0 Å². The highest BCUT2D eigenvalue weighted by Gasteiger charge is 2.55. The number of ether oxygens (including phenoxy) is 2. The topological polar surface area (TPSA) is 68.8 Å². The molecule has 0 saturated carbocycles. The third-order valence-electron chi connectivity index (χ3n) is 23.3. The Morgan fingerprint density at radius 3 is 0.733 bits per heavy atom. The van der Waals surface area contributed by atoms with Gasteiger partial charge in [-0.15, -0.1) is 0 Å². The third-order valence-corrected chi connectivity index (χ3v) is 30.3. The van der Waals surface area contributed by atoms with Crippen molar-refractivity contribution in [1.82, 2.24) is 9.13 Å². The van der Waals surface area contributed by atoms with Gasteiger partial charge in [0.25, 0.3) is 0 Å². The Morgan fingerprint density at radius 1 is 0.276 bits per heavy atom. The SMILES string of the molecule is CC(C)(C)CC(C)(C)c1cc(-c2cc(C(C)(C)C)ccc2OC[Si](COc2ccc(C(C)(C)C)cc2-c2cc(C(C)(C)CC(C)(C)C)cc(-n3c4ccc(C(C)(C)C)cc4c4cc(C(C)(C)C)ccc43)c2O)(C(C)(C)C)C(C)(C)C)c(O)c(-n2c3ccc(C(C)(C)C)cc3c3cc(C(C)(C)C)ccc32)c1. The molecule has 105 heavy (non-hydrogen) atoms. The van der Waals surface area contributed by atoms with Gasteiger partial charge in [0.15, 0.2) is 8.07 Å². The second-order valence-corrected chi connectivity index (χ2v) is 49.4. The molecule has 0 unspecified atom stereocenters. The summed E-state index contributed by atoms with van der Waals surface area (Å²) in [4.78, 5) is 0. The highest BCUT2D eigenvalue weighted by molar-refractivity contribution is 6.85. The van der Waals surface area contributed by atoms with E-state index in [9.17, 15) is 10.2 Å². The Balaban J connectivity index is 1.18. The molecule has 0 aliphatic heterocycles. The minimum Gasteiger partial charge on any atom is -0.505 e. The summed E-state index contributed by atoms with van der Waals surface area (Å²) >= 11 is 0. The van der Waals surface area contributed by atoms with Crippen LogP contribution >= 0.6 is 0 Å². The lowest BCUT2D eigenvalue weighted by atomic mass is 9.71. The van der Waals surface area contributed by atoms with E-state index < -0.39 is 8.07 Å². The molecule has 7 heteroatoms. The molecule has 0 bridgehead atoms. The van der Waals surface area contributed by atoms with Crippen molar-refractivity contribution in [2.24, 2.45) is 10.8 Å². The van der Waals surface area contributed by atoms with E-state index in [1.165, 1.54) is 43.8 Å². The van der Waals surface area contributed by atoms with Crippen LogP contribution in [0.5, 0.6) is 23.0 Å². The van der Waals surface area contributed by atoms with Crippen LogP contribution in [-0.2, 0) is 43.3 Å². The van der Waals surface area contributed by atoms with E-state index in [1.807, 2.05) is 0 Å². The Morgan fingerprint density at radius 2 is 0.505 bits per heavy atom. The van der Waals surface area contributed by atoms with Gasteiger partial charge in [-0.3, -0.25) is 0 Å². The second-order valence-electron chi connectivity index (χ2n) is 43.7. The van der Waals surface area contributed by atoms with Crippen molar-refractivity contribution in [2.45, 2.75) is 302 Å². The Bertz CT molecular complexity index is 4490. The molecule has 0 spiro atoms. The molecule has 0 radical (unpaired) electrons. The predicted molar refractivity (Wildman–Crippen MR) is 458 cm³/mol. The molecule has 564 valence electrons. The van der Waals surface area contributed by atoms with Gasteiger partial charge < -0.3 is 28.8 Å². The Labute approximate surface area is 636 Å². The van der Waals surface area contributed by atoms with Crippen LogP contribution in [0.4, 0.5) is 0 Å². The number of aromatic hydroxyl groups is 2. The van der Waals surface area contributed by atoms with Crippen LogP contribution in [0.1, 0.15) is 293 Å². The van der Waals surface area contributed by atoms with Crippen LogP contribution in [0.15, 0.2) is 133 Å². The first-order valence-corrected chi connectivity index (χ1v) is 41.5. The molecule has 0 amide bonds. The van der Waals surface area contributed by atoms with Gasteiger partial charge in [0.05, 0.1) is 45.9 Å². The van der Waals surface area contributed by atoms with E-state index in [-0.39, 0.29) is 75.7 Å². The molecule has 0 aliphatic carbocycles. The first-order chi connectivity index (χ1) is 47.6. The fraction of sp³-hybridized carbons (Fsp3) is 0.510. The lowest BCUT2D eigenvalue weighted by molar-refractivity contribution is 0.283. The maximum absolute atomic E-state index is 13.8. The normalized spacial score (nSPS) is 14.0. The maximum atomic E-state index is 13.8. The van der Waals surface area contributed by atoms with Gasteiger partial charge in [-0.1, -0.05) is 272 Å². The van der Waals surface area contributed by atoms with Gasteiger partial charge in [0.1, 0.15) is 23.0 Å². The zero-order valence-corrected chi connectivity index (χ0v) is 72.6. The van der Waals surface area contributed by atoms with Crippen molar-refractivity contribution in [3.8, 4) is 56.6 Å². The molecule has 10 rings (SSSR count). The first-order valence-electron chi connectivity index (χ1n) is 39.1. The molecule has 10 aromatic rings. The molecule has 2 heterocycles. The van der Waals surface area contributed by atoms with E-state index in [0.29, 0.717) is 12.5 Å². The average Bonchev–Trinajstić information content (AvgIpc) is 1.53. The molecular formula is C98H134N2O4Si. The number of aromatic nitrogens is 2. The smallest absolute Gasteiger partial charge is 0.152 e. The summed E-state index contributed by atoms with van der Waals surface area (Å²) in [6.45, 7) is 78.9.